The predicted molar refractivity (Wildman–Crippen MR) is 114 cm³/mol. The number of thioether (sulfide) groups is 1. The van der Waals surface area contributed by atoms with Crippen LogP contribution in [0.25, 0.3) is 11.4 Å². The molecule has 0 aliphatic heterocycles. The molecule has 1 aromatic carbocycles. The lowest BCUT2D eigenvalue weighted by molar-refractivity contribution is 0.189. The van der Waals surface area contributed by atoms with Crippen LogP contribution in [0.5, 0.6) is 0 Å². The van der Waals surface area contributed by atoms with Crippen molar-refractivity contribution >= 4 is 23.4 Å². The summed E-state index contributed by atoms with van der Waals surface area (Å²) in [6, 6.07) is 7.65. The Morgan fingerprint density at radius 1 is 1.24 bits per heavy atom. The summed E-state index contributed by atoms with van der Waals surface area (Å²) >= 11 is 7.94. The third-order valence-corrected chi connectivity index (χ3v) is 5.70. The van der Waals surface area contributed by atoms with Crippen LogP contribution in [0, 0.1) is 0 Å². The molecule has 2 aromatic heterocycles. The third-order valence-electron chi connectivity index (χ3n) is 4.30. The fourth-order valence-corrected chi connectivity index (χ4v) is 3.83. The molecule has 9 heteroatoms. The van der Waals surface area contributed by atoms with Crippen molar-refractivity contribution in [2.24, 2.45) is 0 Å². The molecule has 0 bridgehead atoms. The van der Waals surface area contributed by atoms with Crippen LogP contribution in [0.3, 0.4) is 0 Å². The highest BCUT2D eigenvalue weighted by Gasteiger charge is 2.25. The molecule has 1 unspecified atom stereocenters. The normalized spacial score (nSPS) is 13.0. The molecule has 2 heterocycles. The van der Waals surface area contributed by atoms with Crippen LogP contribution in [0.1, 0.15) is 51.1 Å². The fourth-order valence-electron chi connectivity index (χ4n) is 2.70. The van der Waals surface area contributed by atoms with Crippen molar-refractivity contribution in [2.45, 2.75) is 56.5 Å². The summed E-state index contributed by atoms with van der Waals surface area (Å²) in [5, 5.41) is 14.3. The molecule has 0 saturated carbocycles. The van der Waals surface area contributed by atoms with Gasteiger partial charge >= 0.3 is 0 Å². The van der Waals surface area contributed by atoms with Crippen molar-refractivity contribution in [1.29, 1.82) is 0 Å². The van der Waals surface area contributed by atoms with Gasteiger partial charge in [-0.2, -0.15) is 4.98 Å². The molecule has 3 rings (SSSR count). The van der Waals surface area contributed by atoms with Crippen molar-refractivity contribution in [3.05, 3.63) is 41.0 Å². The minimum Gasteiger partial charge on any atom is -0.385 e. The van der Waals surface area contributed by atoms with Gasteiger partial charge < -0.3 is 13.8 Å². The molecule has 7 nitrogen and oxygen atoms in total. The van der Waals surface area contributed by atoms with Crippen LogP contribution in [-0.2, 0) is 16.7 Å². The Bertz CT molecular complexity index is 950. The molecular formula is C20H26ClN5O2S. The van der Waals surface area contributed by atoms with Crippen molar-refractivity contribution < 1.29 is 9.26 Å². The highest BCUT2D eigenvalue weighted by molar-refractivity contribution is 7.99. The summed E-state index contributed by atoms with van der Waals surface area (Å²) in [5.41, 5.74) is 0.690. The van der Waals surface area contributed by atoms with Crippen molar-refractivity contribution in [3.63, 3.8) is 0 Å². The number of rotatable bonds is 8. The van der Waals surface area contributed by atoms with E-state index in [4.69, 9.17) is 20.9 Å². The minimum absolute atomic E-state index is 0.0666. The van der Waals surface area contributed by atoms with E-state index in [1.165, 1.54) is 11.8 Å². The lowest BCUT2D eigenvalue weighted by Gasteiger charge is -2.12. The molecule has 0 N–H and O–H groups in total. The number of nitrogens with zero attached hydrogens (tertiary/aromatic N) is 5. The van der Waals surface area contributed by atoms with E-state index in [9.17, 15) is 0 Å². The summed E-state index contributed by atoms with van der Waals surface area (Å²) in [6.07, 6.45) is 0.836. The first-order chi connectivity index (χ1) is 13.8. The van der Waals surface area contributed by atoms with Gasteiger partial charge in [-0.25, -0.2) is 0 Å². The quantitative estimate of drug-likeness (QED) is 0.356. The Labute approximate surface area is 180 Å². The Morgan fingerprint density at radius 3 is 2.66 bits per heavy atom. The van der Waals surface area contributed by atoms with Gasteiger partial charge in [0.2, 0.25) is 5.89 Å². The second-order valence-corrected chi connectivity index (χ2v) is 9.47. The van der Waals surface area contributed by atoms with E-state index in [0.29, 0.717) is 29.9 Å². The smallest absolute Gasteiger partial charge is 0.239 e. The van der Waals surface area contributed by atoms with E-state index in [1.54, 1.807) is 7.11 Å². The van der Waals surface area contributed by atoms with E-state index in [2.05, 4.69) is 45.7 Å². The number of methoxy groups -OCH3 is 1. The molecule has 0 radical (unpaired) electrons. The number of hydrogen-bond acceptors (Lipinski definition) is 7. The molecule has 0 amide bonds. The third kappa shape index (κ3) is 5.18. The number of ether oxygens (including phenoxy) is 1. The second kappa shape index (κ2) is 9.28. The zero-order valence-corrected chi connectivity index (χ0v) is 18.9. The Morgan fingerprint density at radius 2 is 2.00 bits per heavy atom. The van der Waals surface area contributed by atoms with Gasteiger partial charge in [-0.15, -0.1) is 10.2 Å². The first-order valence-corrected chi connectivity index (χ1v) is 10.7. The lowest BCUT2D eigenvalue weighted by atomic mass is 9.96. The van der Waals surface area contributed by atoms with Crippen LogP contribution in [0.2, 0.25) is 5.02 Å². The average Bonchev–Trinajstić information content (AvgIpc) is 3.30. The predicted octanol–water partition coefficient (Wildman–Crippen LogP) is 5.17. The van der Waals surface area contributed by atoms with Crippen molar-refractivity contribution in [2.75, 3.05) is 13.7 Å². The van der Waals surface area contributed by atoms with Crippen LogP contribution >= 0.6 is 23.4 Å². The van der Waals surface area contributed by atoms with Gasteiger partial charge in [-0.3, -0.25) is 0 Å². The van der Waals surface area contributed by atoms with Crippen molar-refractivity contribution in [1.82, 2.24) is 24.9 Å². The van der Waals surface area contributed by atoms with Crippen LogP contribution in [-0.4, -0.2) is 38.6 Å². The highest BCUT2D eigenvalue weighted by Crippen LogP contribution is 2.36. The molecule has 29 heavy (non-hydrogen) atoms. The van der Waals surface area contributed by atoms with Crippen LogP contribution < -0.4 is 0 Å². The Kier molecular flexibility index (Phi) is 6.97. The summed E-state index contributed by atoms with van der Waals surface area (Å²) in [6.45, 7) is 9.56. The lowest BCUT2D eigenvalue weighted by Crippen LogP contribution is -2.13. The molecule has 3 aromatic rings. The average molecular weight is 436 g/mol. The molecule has 0 aliphatic rings. The highest BCUT2D eigenvalue weighted by atomic mass is 35.5. The van der Waals surface area contributed by atoms with E-state index < -0.39 is 0 Å². The molecule has 0 spiro atoms. The molecule has 0 fully saturated rings. The molecule has 0 aliphatic carbocycles. The van der Waals surface area contributed by atoms with Crippen LogP contribution in [0.15, 0.2) is 33.9 Å². The van der Waals surface area contributed by atoms with Gasteiger partial charge in [0.05, 0.1) is 10.3 Å². The largest absolute Gasteiger partial charge is 0.385 e. The van der Waals surface area contributed by atoms with Gasteiger partial charge in [0.1, 0.15) is 0 Å². The number of benzene rings is 1. The first kappa shape index (κ1) is 21.8. The Balaban J connectivity index is 1.88. The van der Waals surface area contributed by atoms with Gasteiger partial charge in [0.25, 0.3) is 0 Å². The summed E-state index contributed by atoms with van der Waals surface area (Å²) < 4.78 is 12.8. The van der Waals surface area contributed by atoms with E-state index in [0.717, 1.165) is 23.0 Å². The standard InChI is InChI=1S/C20H26ClN5O2S/c1-13(17-22-18(25-28-17)20(2,3)4)29-19-24-23-16(26(19)11-8-12-27-5)14-9-6-7-10-15(14)21/h6-7,9-10,13H,8,11-12H2,1-5H3. The van der Waals surface area contributed by atoms with E-state index in [-0.39, 0.29) is 10.7 Å². The molecule has 0 saturated heterocycles. The van der Waals surface area contributed by atoms with Gasteiger partial charge in [0.15, 0.2) is 16.8 Å². The zero-order chi connectivity index (χ0) is 21.0. The maximum Gasteiger partial charge on any atom is 0.239 e. The SMILES string of the molecule is COCCCn1c(SC(C)c2nc(C(C)(C)C)no2)nnc1-c1ccccc1Cl. The maximum absolute atomic E-state index is 6.40. The van der Waals surface area contributed by atoms with Crippen molar-refractivity contribution in [3.8, 4) is 11.4 Å². The fraction of sp³-hybridized carbons (Fsp3) is 0.500. The van der Waals surface area contributed by atoms with Crippen LogP contribution in [0.4, 0.5) is 0 Å². The monoisotopic (exact) mass is 435 g/mol. The molecule has 156 valence electrons. The van der Waals surface area contributed by atoms with Gasteiger partial charge in [-0.1, -0.05) is 61.4 Å². The summed E-state index contributed by atoms with van der Waals surface area (Å²) in [7, 11) is 1.70. The summed E-state index contributed by atoms with van der Waals surface area (Å²) in [4.78, 5) is 4.56. The zero-order valence-electron chi connectivity index (χ0n) is 17.3. The second-order valence-electron chi connectivity index (χ2n) is 7.75. The minimum atomic E-state index is -0.163. The van der Waals surface area contributed by atoms with E-state index >= 15 is 0 Å². The number of hydrogen-bond donors (Lipinski definition) is 0. The Hall–Kier alpha value is -1.90. The van der Waals surface area contributed by atoms with E-state index in [1.807, 2.05) is 31.2 Å². The maximum atomic E-state index is 6.40. The summed E-state index contributed by atoms with van der Waals surface area (Å²) in [5.74, 6) is 2.01. The first-order valence-electron chi connectivity index (χ1n) is 9.49. The van der Waals surface area contributed by atoms with Gasteiger partial charge in [-0.05, 0) is 25.5 Å². The topological polar surface area (TPSA) is 78.9 Å². The number of aromatic nitrogens is 5. The molecule has 1 atom stereocenters. The molecular weight excluding hydrogens is 410 g/mol. The van der Waals surface area contributed by atoms with Gasteiger partial charge in [0, 0.05) is 31.2 Å². The number of halogens is 1.